The van der Waals surface area contributed by atoms with Crippen LogP contribution >= 0.6 is 23.4 Å². The summed E-state index contributed by atoms with van der Waals surface area (Å²) in [5.41, 5.74) is 2.25. The van der Waals surface area contributed by atoms with Crippen LogP contribution in [0.1, 0.15) is 11.1 Å². The standard InChI is InChI=1S/C21H15ClN4O2S/c1-11-6-7-24-19(22)17(11)16-8-14-18(29-16)20(27)26(21(28)25-14)15-10-23-9-12-4-2-3-5-13(12)15/h2-10,14,18H,1H3,(H,25,28). The number of thioether (sulfide) groups is 1. The number of urea groups is 1. The predicted molar refractivity (Wildman–Crippen MR) is 115 cm³/mol. The Bertz CT molecular complexity index is 1190. The number of benzene rings is 1. The van der Waals surface area contributed by atoms with Gasteiger partial charge in [-0.15, -0.1) is 11.8 Å². The van der Waals surface area contributed by atoms with Crippen molar-refractivity contribution in [3.8, 4) is 0 Å². The molecule has 1 saturated heterocycles. The van der Waals surface area contributed by atoms with Crippen LogP contribution in [0.15, 0.2) is 55.0 Å². The number of rotatable bonds is 2. The summed E-state index contributed by atoms with van der Waals surface area (Å²) >= 11 is 7.71. The number of carbonyl (C=O) groups excluding carboxylic acids is 2. The van der Waals surface area contributed by atoms with E-state index in [2.05, 4.69) is 15.3 Å². The molecule has 6 nitrogen and oxygen atoms in total. The van der Waals surface area contributed by atoms with E-state index >= 15 is 0 Å². The van der Waals surface area contributed by atoms with E-state index in [9.17, 15) is 9.59 Å². The van der Waals surface area contributed by atoms with E-state index in [1.54, 1.807) is 18.6 Å². The summed E-state index contributed by atoms with van der Waals surface area (Å²) in [7, 11) is 0. The molecule has 0 saturated carbocycles. The Hall–Kier alpha value is -2.90. The van der Waals surface area contributed by atoms with E-state index in [1.165, 1.54) is 16.7 Å². The molecule has 2 atom stereocenters. The van der Waals surface area contributed by atoms with Gasteiger partial charge in [0, 0.05) is 33.6 Å². The fraction of sp³-hybridized carbons (Fsp3) is 0.143. The minimum absolute atomic E-state index is 0.272. The van der Waals surface area contributed by atoms with Crippen LogP contribution in [0.2, 0.25) is 5.15 Å². The Kier molecular flexibility index (Phi) is 4.29. The second kappa shape index (κ2) is 6.86. The third-order valence-corrected chi connectivity index (χ3v) is 6.75. The average molecular weight is 423 g/mol. The van der Waals surface area contributed by atoms with Crippen LogP contribution in [0.3, 0.4) is 0 Å². The number of imide groups is 1. The fourth-order valence-electron chi connectivity index (χ4n) is 3.73. The summed E-state index contributed by atoms with van der Waals surface area (Å²) < 4.78 is 0. The summed E-state index contributed by atoms with van der Waals surface area (Å²) in [5, 5.41) is 4.51. The van der Waals surface area contributed by atoms with Crippen LogP contribution in [0.25, 0.3) is 15.7 Å². The van der Waals surface area contributed by atoms with Crippen molar-refractivity contribution in [1.29, 1.82) is 0 Å². The van der Waals surface area contributed by atoms with Crippen molar-refractivity contribution in [2.24, 2.45) is 0 Å². The Morgan fingerprint density at radius 3 is 2.83 bits per heavy atom. The van der Waals surface area contributed by atoms with Crippen molar-refractivity contribution in [3.63, 3.8) is 0 Å². The monoisotopic (exact) mass is 422 g/mol. The van der Waals surface area contributed by atoms with Crippen molar-refractivity contribution in [2.45, 2.75) is 18.2 Å². The molecule has 4 heterocycles. The smallest absolute Gasteiger partial charge is 0.329 e. The van der Waals surface area contributed by atoms with Crippen molar-refractivity contribution < 1.29 is 9.59 Å². The SMILES string of the molecule is Cc1ccnc(Cl)c1C1=CC2NC(=O)N(c3cncc4ccccc34)C(=O)C2S1. The third kappa shape index (κ3) is 2.89. The quantitative estimate of drug-likeness (QED) is 0.627. The van der Waals surface area contributed by atoms with E-state index in [-0.39, 0.29) is 5.91 Å². The number of halogens is 1. The molecule has 1 N–H and O–H groups in total. The number of pyridine rings is 2. The van der Waals surface area contributed by atoms with Gasteiger partial charge in [0.1, 0.15) is 10.4 Å². The number of hydrogen-bond acceptors (Lipinski definition) is 5. The van der Waals surface area contributed by atoms with Gasteiger partial charge in [-0.1, -0.05) is 35.9 Å². The van der Waals surface area contributed by atoms with Crippen molar-refractivity contribution in [3.05, 3.63) is 71.3 Å². The number of carbonyl (C=O) groups is 2. The van der Waals surface area contributed by atoms with Gasteiger partial charge >= 0.3 is 6.03 Å². The highest BCUT2D eigenvalue weighted by atomic mass is 35.5. The fourth-order valence-corrected chi connectivity index (χ4v) is 5.46. The second-order valence-corrected chi connectivity index (χ2v) is 8.43. The predicted octanol–water partition coefficient (Wildman–Crippen LogP) is 4.17. The number of aryl methyl sites for hydroxylation is 1. The lowest BCUT2D eigenvalue weighted by molar-refractivity contribution is -0.118. The number of amides is 3. The molecule has 8 heteroatoms. The number of nitrogens with zero attached hydrogens (tertiary/aromatic N) is 3. The third-order valence-electron chi connectivity index (χ3n) is 5.12. The maximum atomic E-state index is 13.3. The average Bonchev–Trinajstić information content (AvgIpc) is 3.12. The lowest BCUT2D eigenvalue weighted by Gasteiger charge is -2.33. The Morgan fingerprint density at radius 2 is 2.00 bits per heavy atom. The molecular formula is C21H15ClN4O2S. The zero-order valence-electron chi connectivity index (χ0n) is 15.3. The van der Waals surface area contributed by atoms with Crippen LogP contribution < -0.4 is 10.2 Å². The van der Waals surface area contributed by atoms with Gasteiger partial charge in [-0.2, -0.15) is 0 Å². The molecule has 5 rings (SSSR count). The largest absolute Gasteiger partial charge is 0.329 e. The number of hydrogen-bond donors (Lipinski definition) is 1. The van der Waals surface area contributed by atoms with Crippen LogP contribution in [0.4, 0.5) is 10.5 Å². The zero-order chi connectivity index (χ0) is 20.1. The first kappa shape index (κ1) is 18.1. The number of aromatic nitrogens is 2. The van der Waals surface area contributed by atoms with E-state index < -0.39 is 17.3 Å². The van der Waals surface area contributed by atoms with E-state index in [1.807, 2.05) is 43.3 Å². The summed E-state index contributed by atoms with van der Waals surface area (Å²) in [5.74, 6) is -0.272. The maximum Gasteiger partial charge on any atom is 0.329 e. The van der Waals surface area contributed by atoms with Crippen molar-refractivity contribution in [2.75, 3.05) is 4.90 Å². The molecule has 1 fully saturated rings. The highest BCUT2D eigenvalue weighted by Crippen LogP contribution is 2.45. The van der Waals surface area contributed by atoms with E-state index in [0.29, 0.717) is 10.8 Å². The minimum Gasteiger partial charge on any atom is -0.329 e. The molecule has 0 spiro atoms. The van der Waals surface area contributed by atoms with Crippen LogP contribution in [-0.2, 0) is 4.79 Å². The molecule has 3 aromatic rings. The van der Waals surface area contributed by atoms with Crippen LogP contribution in [0.5, 0.6) is 0 Å². The topological polar surface area (TPSA) is 75.2 Å². The van der Waals surface area contributed by atoms with E-state index in [4.69, 9.17) is 11.6 Å². The Balaban J connectivity index is 1.53. The highest BCUT2D eigenvalue weighted by molar-refractivity contribution is 8.09. The van der Waals surface area contributed by atoms with Gasteiger partial charge in [0.05, 0.1) is 17.9 Å². The first-order valence-corrected chi connectivity index (χ1v) is 10.3. The minimum atomic E-state index is -0.475. The van der Waals surface area contributed by atoms with Gasteiger partial charge in [-0.3, -0.25) is 9.78 Å². The molecule has 144 valence electrons. The first-order chi connectivity index (χ1) is 14.0. The van der Waals surface area contributed by atoms with Gasteiger partial charge in [0.15, 0.2) is 0 Å². The molecule has 2 aromatic heterocycles. The molecule has 1 aromatic carbocycles. The van der Waals surface area contributed by atoms with Gasteiger partial charge < -0.3 is 5.32 Å². The van der Waals surface area contributed by atoms with E-state index in [0.717, 1.165) is 26.8 Å². The van der Waals surface area contributed by atoms with Crippen molar-refractivity contribution >= 4 is 56.7 Å². The molecule has 29 heavy (non-hydrogen) atoms. The normalized spacial score (nSPS) is 21.2. The number of nitrogens with one attached hydrogen (secondary N) is 1. The highest BCUT2D eigenvalue weighted by Gasteiger charge is 2.46. The zero-order valence-corrected chi connectivity index (χ0v) is 16.9. The molecule has 2 aliphatic heterocycles. The van der Waals surface area contributed by atoms with Gasteiger partial charge in [0.2, 0.25) is 0 Å². The lowest BCUT2D eigenvalue weighted by atomic mass is 10.1. The Labute approximate surface area is 176 Å². The molecule has 3 amide bonds. The second-order valence-electron chi connectivity index (χ2n) is 6.89. The number of anilines is 1. The molecule has 0 radical (unpaired) electrons. The summed E-state index contributed by atoms with van der Waals surface area (Å²) in [6.07, 6.45) is 6.80. The van der Waals surface area contributed by atoms with Crippen LogP contribution in [-0.4, -0.2) is 33.2 Å². The maximum absolute atomic E-state index is 13.3. The molecule has 2 aliphatic rings. The molecular weight excluding hydrogens is 408 g/mol. The summed E-state index contributed by atoms with van der Waals surface area (Å²) in [6.45, 7) is 1.95. The van der Waals surface area contributed by atoms with Gasteiger partial charge in [-0.25, -0.2) is 14.7 Å². The number of fused-ring (bicyclic) bond motifs is 2. The molecule has 0 aliphatic carbocycles. The van der Waals surface area contributed by atoms with Crippen LogP contribution in [0, 0.1) is 6.92 Å². The van der Waals surface area contributed by atoms with Gasteiger partial charge in [-0.05, 0) is 24.6 Å². The van der Waals surface area contributed by atoms with Crippen molar-refractivity contribution in [1.82, 2.24) is 15.3 Å². The summed E-state index contributed by atoms with van der Waals surface area (Å²) in [4.78, 5) is 36.6. The Morgan fingerprint density at radius 1 is 1.17 bits per heavy atom. The summed E-state index contributed by atoms with van der Waals surface area (Å²) in [6, 6.07) is 8.56. The van der Waals surface area contributed by atoms with Gasteiger partial charge in [0.25, 0.3) is 5.91 Å². The first-order valence-electron chi connectivity index (χ1n) is 9.02. The molecule has 2 unspecified atom stereocenters. The lowest BCUT2D eigenvalue weighted by Crippen LogP contribution is -2.60. The molecule has 0 bridgehead atoms.